The quantitative estimate of drug-likeness (QED) is 0.176. The lowest BCUT2D eigenvalue weighted by Crippen LogP contribution is -2.16. The molecule has 0 heterocycles. The summed E-state index contributed by atoms with van der Waals surface area (Å²) in [5.41, 5.74) is 2.01. The van der Waals surface area contributed by atoms with Gasteiger partial charge in [0, 0.05) is 18.4 Å². The average Bonchev–Trinajstić information content (AvgIpc) is 2.88. The predicted octanol–water partition coefficient (Wildman–Crippen LogP) is 7.81. The van der Waals surface area contributed by atoms with E-state index in [1.165, 1.54) is 30.3 Å². The average molecular weight is 533 g/mol. The van der Waals surface area contributed by atoms with Gasteiger partial charge in [-0.15, -0.1) is 0 Å². The topological polar surface area (TPSA) is 44.8 Å². The van der Waals surface area contributed by atoms with Gasteiger partial charge in [-0.1, -0.05) is 25.1 Å². The molecule has 1 atom stereocenters. The minimum atomic E-state index is -4.52. The van der Waals surface area contributed by atoms with Crippen LogP contribution in [0.2, 0.25) is 0 Å². The second kappa shape index (κ2) is 13.3. The van der Waals surface area contributed by atoms with Crippen LogP contribution in [0.1, 0.15) is 50.3 Å². The van der Waals surface area contributed by atoms with E-state index in [-0.39, 0.29) is 23.4 Å². The SMILES string of the molecule is CCOC(=O)CCc1ccc(OCCC(C)Oc2ccc(C(F)(F)F)cc2-c2ccc(F)cc2)cc1CC. The van der Waals surface area contributed by atoms with Gasteiger partial charge in [0.15, 0.2) is 0 Å². The van der Waals surface area contributed by atoms with Crippen molar-refractivity contribution in [1.82, 2.24) is 0 Å². The summed E-state index contributed by atoms with van der Waals surface area (Å²) in [6.07, 6.45) is -2.69. The van der Waals surface area contributed by atoms with E-state index in [4.69, 9.17) is 14.2 Å². The third kappa shape index (κ3) is 8.23. The number of halogens is 4. The zero-order valence-electron chi connectivity index (χ0n) is 21.7. The molecule has 204 valence electrons. The van der Waals surface area contributed by atoms with E-state index in [1.54, 1.807) is 6.92 Å². The summed E-state index contributed by atoms with van der Waals surface area (Å²) in [7, 11) is 0. The molecule has 38 heavy (non-hydrogen) atoms. The zero-order chi connectivity index (χ0) is 27.7. The van der Waals surface area contributed by atoms with Gasteiger partial charge in [0.2, 0.25) is 0 Å². The Kier molecular flexibility index (Phi) is 10.2. The molecule has 3 aromatic rings. The van der Waals surface area contributed by atoms with Gasteiger partial charge in [-0.25, -0.2) is 4.39 Å². The summed E-state index contributed by atoms with van der Waals surface area (Å²) in [4.78, 5) is 11.7. The van der Waals surface area contributed by atoms with Gasteiger partial charge >= 0.3 is 12.1 Å². The number of benzene rings is 3. The van der Waals surface area contributed by atoms with Crippen molar-refractivity contribution in [2.45, 2.75) is 58.7 Å². The predicted molar refractivity (Wildman–Crippen MR) is 138 cm³/mol. The first-order valence-electron chi connectivity index (χ1n) is 12.6. The molecule has 0 aliphatic rings. The second-order valence-electron chi connectivity index (χ2n) is 8.87. The van der Waals surface area contributed by atoms with Crippen LogP contribution in [0.4, 0.5) is 17.6 Å². The molecule has 1 unspecified atom stereocenters. The Hall–Kier alpha value is -3.55. The van der Waals surface area contributed by atoms with Gasteiger partial charge < -0.3 is 14.2 Å². The van der Waals surface area contributed by atoms with Crippen molar-refractivity contribution in [1.29, 1.82) is 0 Å². The van der Waals surface area contributed by atoms with E-state index in [9.17, 15) is 22.4 Å². The minimum Gasteiger partial charge on any atom is -0.493 e. The van der Waals surface area contributed by atoms with Crippen molar-refractivity contribution in [2.24, 2.45) is 0 Å². The van der Waals surface area contributed by atoms with Crippen LogP contribution in [0.5, 0.6) is 11.5 Å². The maximum absolute atomic E-state index is 13.4. The number of hydrogen-bond acceptors (Lipinski definition) is 4. The molecule has 0 spiro atoms. The first-order chi connectivity index (χ1) is 18.1. The monoisotopic (exact) mass is 532 g/mol. The summed E-state index contributed by atoms with van der Waals surface area (Å²) >= 11 is 0. The smallest absolute Gasteiger partial charge is 0.416 e. The number of hydrogen-bond donors (Lipinski definition) is 0. The molecule has 0 aromatic heterocycles. The van der Waals surface area contributed by atoms with Crippen molar-refractivity contribution in [3.8, 4) is 22.6 Å². The summed E-state index contributed by atoms with van der Waals surface area (Å²) in [5, 5.41) is 0. The number of carbonyl (C=O) groups excluding carboxylic acids is 1. The standard InChI is InChI=1S/C30H32F4O4/c1-4-21-18-26(13-8-22(21)9-15-29(35)36-5-2)37-17-16-20(3)38-28-14-10-24(30(32,33)34)19-27(28)23-6-11-25(31)12-7-23/h6-8,10-14,18-20H,4-5,9,15-17H2,1-3H3. The highest BCUT2D eigenvalue weighted by Crippen LogP contribution is 2.38. The first kappa shape index (κ1) is 29.0. The van der Waals surface area contributed by atoms with Crippen LogP contribution in [0.15, 0.2) is 60.7 Å². The lowest BCUT2D eigenvalue weighted by molar-refractivity contribution is -0.143. The number of alkyl halides is 3. The Balaban J connectivity index is 1.63. The molecule has 0 radical (unpaired) electrons. The molecular formula is C30H32F4O4. The van der Waals surface area contributed by atoms with E-state index < -0.39 is 17.6 Å². The molecule has 0 saturated carbocycles. The molecule has 0 amide bonds. The van der Waals surface area contributed by atoms with Crippen LogP contribution in [-0.2, 0) is 28.5 Å². The normalized spacial score (nSPS) is 12.2. The Morgan fingerprint density at radius 1 is 0.947 bits per heavy atom. The number of esters is 1. The van der Waals surface area contributed by atoms with Gasteiger partial charge in [-0.3, -0.25) is 4.79 Å². The lowest BCUT2D eigenvalue weighted by atomic mass is 10.0. The van der Waals surface area contributed by atoms with Crippen molar-refractivity contribution < 1.29 is 36.6 Å². The highest BCUT2D eigenvalue weighted by atomic mass is 19.4. The minimum absolute atomic E-state index is 0.223. The third-order valence-corrected chi connectivity index (χ3v) is 6.05. The number of rotatable bonds is 12. The van der Waals surface area contributed by atoms with Crippen LogP contribution >= 0.6 is 0 Å². The highest BCUT2D eigenvalue weighted by molar-refractivity contribution is 5.71. The zero-order valence-corrected chi connectivity index (χ0v) is 21.7. The fraction of sp³-hybridized carbons (Fsp3) is 0.367. The van der Waals surface area contributed by atoms with Crippen molar-refractivity contribution in [2.75, 3.05) is 13.2 Å². The van der Waals surface area contributed by atoms with Gasteiger partial charge in [0.1, 0.15) is 17.3 Å². The number of ether oxygens (including phenoxy) is 3. The van der Waals surface area contributed by atoms with Crippen LogP contribution in [-0.4, -0.2) is 25.3 Å². The maximum Gasteiger partial charge on any atom is 0.416 e. The largest absolute Gasteiger partial charge is 0.493 e. The lowest BCUT2D eigenvalue weighted by Gasteiger charge is -2.19. The Morgan fingerprint density at radius 2 is 1.68 bits per heavy atom. The van der Waals surface area contributed by atoms with E-state index in [2.05, 4.69) is 0 Å². The Morgan fingerprint density at radius 3 is 2.34 bits per heavy atom. The maximum atomic E-state index is 13.4. The van der Waals surface area contributed by atoms with Gasteiger partial charge in [-0.05, 0) is 85.8 Å². The molecule has 4 nitrogen and oxygen atoms in total. The van der Waals surface area contributed by atoms with Crippen LogP contribution in [0, 0.1) is 5.82 Å². The summed E-state index contributed by atoms with van der Waals surface area (Å²) < 4.78 is 70.2. The molecule has 3 rings (SSSR count). The summed E-state index contributed by atoms with van der Waals surface area (Å²) in [6, 6.07) is 14.3. The molecule has 3 aromatic carbocycles. The number of carbonyl (C=O) groups is 1. The Labute approximate surface area is 220 Å². The van der Waals surface area contributed by atoms with Crippen LogP contribution in [0.3, 0.4) is 0 Å². The molecule has 0 bridgehead atoms. The van der Waals surface area contributed by atoms with E-state index >= 15 is 0 Å². The van der Waals surface area contributed by atoms with Crippen LogP contribution < -0.4 is 9.47 Å². The summed E-state index contributed by atoms with van der Waals surface area (Å²) in [6.45, 7) is 6.32. The second-order valence-corrected chi connectivity index (χ2v) is 8.87. The fourth-order valence-electron chi connectivity index (χ4n) is 4.02. The fourth-order valence-corrected chi connectivity index (χ4v) is 4.02. The van der Waals surface area contributed by atoms with Gasteiger partial charge in [-0.2, -0.15) is 13.2 Å². The molecular weight excluding hydrogens is 500 g/mol. The third-order valence-electron chi connectivity index (χ3n) is 6.05. The first-order valence-corrected chi connectivity index (χ1v) is 12.6. The van der Waals surface area contributed by atoms with E-state index in [1.807, 2.05) is 32.0 Å². The van der Waals surface area contributed by atoms with Gasteiger partial charge in [0.05, 0.1) is 24.9 Å². The van der Waals surface area contributed by atoms with Gasteiger partial charge in [0.25, 0.3) is 0 Å². The Bertz CT molecular complexity index is 1210. The van der Waals surface area contributed by atoms with Crippen molar-refractivity contribution >= 4 is 5.97 Å². The highest BCUT2D eigenvalue weighted by Gasteiger charge is 2.31. The molecule has 8 heteroatoms. The molecule has 0 saturated heterocycles. The molecule has 0 aliphatic carbocycles. The molecule has 0 aliphatic heterocycles. The molecule has 0 N–H and O–H groups in total. The van der Waals surface area contributed by atoms with Crippen molar-refractivity contribution in [3.05, 3.63) is 83.2 Å². The number of aryl methyl sites for hydroxylation is 2. The summed E-state index contributed by atoms with van der Waals surface area (Å²) in [5.74, 6) is 0.262. The van der Waals surface area contributed by atoms with E-state index in [0.717, 1.165) is 29.7 Å². The van der Waals surface area contributed by atoms with Crippen LogP contribution in [0.25, 0.3) is 11.1 Å². The molecule has 0 fully saturated rings. The van der Waals surface area contributed by atoms with E-state index in [0.29, 0.717) is 43.8 Å². The van der Waals surface area contributed by atoms with Crippen molar-refractivity contribution in [3.63, 3.8) is 0 Å².